The molecule has 0 amide bonds. The van der Waals surface area contributed by atoms with Crippen LogP contribution < -0.4 is 28.2 Å². The molecule has 1 unspecified atom stereocenters. The molecule has 1 aromatic heterocycles. The number of aryl methyl sites for hydroxylation is 1. The van der Waals surface area contributed by atoms with E-state index in [1.54, 1.807) is 23.4 Å². The van der Waals surface area contributed by atoms with Gasteiger partial charge in [0.05, 0.1) is 0 Å². The van der Waals surface area contributed by atoms with Gasteiger partial charge in [0.15, 0.2) is 0 Å². The molecule has 1 fully saturated rings. The van der Waals surface area contributed by atoms with Gasteiger partial charge < -0.3 is 24.8 Å². The quantitative estimate of drug-likeness (QED) is 0.583. The topological polar surface area (TPSA) is 15.8 Å². The minimum atomic E-state index is -0.649. The van der Waals surface area contributed by atoms with Crippen molar-refractivity contribution in [2.75, 3.05) is 0 Å². The van der Waals surface area contributed by atoms with Crippen LogP contribution in [0.4, 0.5) is 0 Å². The van der Waals surface area contributed by atoms with E-state index in [0.717, 1.165) is 5.92 Å². The summed E-state index contributed by atoms with van der Waals surface area (Å²) in [5.41, 5.74) is 6.42. The molecule has 0 aliphatic heterocycles. The number of benzene rings is 1. The molecule has 1 saturated carbocycles. The molecule has 1 aromatic carbocycles. The average molecular weight is 383 g/mol. The second-order valence-electron chi connectivity index (χ2n) is 5.24. The minimum absolute atomic E-state index is 0. The number of H-pyrrole nitrogens is 1. The second kappa shape index (κ2) is 6.22. The Hall–Kier alpha value is -0.297. The van der Waals surface area contributed by atoms with Gasteiger partial charge in [-0.2, -0.15) is 0 Å². The van der Waals surface area contributed by atoms with Crippen LogP contribution in [0.1, 0.15) is 35.4 Å². The molecule has 2 aliphatic carbocycles. The number of aromatic amines is 1. The van der Waals surface area contributed by atoms with Gasteiger partial charge in [-0.25, -0.2) is 0 Å². The Morgan fingerprint density at radius 1 is 1.15 bits per heavy atom. The van der Waals surface area contributed by atoms with Crippen molar-refractivity contribution >= 4 is 6.68 Å². The molecule has 1 nitrogen and oxygen atoms in total. The maximum Gasteiger partial charge on any atom is -1.00 e. The summed E-state index contributed by atoms with van der Waals surface area (Å²) in [5, 5.41) is 0. The molecule has 0 spiro atoms. The maximum atomic E-state index is 3.46. The molecular weight excluding hydrogens is 368 g/mol. The Morgan fingerprint density at radius 2 is 1.95 bits per heavy atom. The van der Waals surface area contributed by atoms with Gasteiger partial charge in [0.1, 0.15) is 0 Å². The van der Waals surface area contributed by atoms with Crippen LogP contribution in [0.15, 0.2) is 42.1 Å². The fourth-order valence-electron chi connectivity index (χ4n) is 3.13. The van der Waals surface area contributed by atoms with Gasteiger partial charge in [0.2, 0.25) is 0 Å². The average Bonchev–Trinajstić information content (AvgIpc) is 2.81. The molecule has 1 N–H and O–H groups in total. The summed E-state index contributed by atoms with van der Waals surface area (Å²) in [5.74, 6) is 0.785. The molecule has 1 atom stereocenters. The monoisotopic (exact) mass is 381 g/mol. The van der Waals surface area contributed by atoms with Crippen LogP contribution in [0, 0.1) is 6.92 Å². The predicted molar refractivity (Wildman–Crippen MR) is 70.5 cm³/mol. The van der Waals surface area contributed by atoms with E-state index in [-0.39, 0.29) is 24.8 Å². The summed E-state index contributed by atoms with van der Waals surface area (Å²) in [6.45, 7) is 2.23. The predicted octanol–water partition coefficient (Wildman–Crippen LogP) is -2.66. The number of allylic oxidation sites excluding steroid dienone is 1. The van der Waals surface area contributed by atoms with E-state index < -0.39 is 23.2 Å². The van der Waals surface area contributed by atoms with Crippen LogP contribution in [-0.4, -0.2) is 4.98 Å². The fraction of sp³-hybridized carbons (Fsp3) is 0.250. The van der Waals surface area contributed by atoms with Gasteiger partial charge in [-0.3, -0.25) is 0 Å². The number of aromatic nitrogens is 1. The smallest absolute Gasteiger partial charge is 1.00 e. The van der Waals surface area contributed by atoms with Gasteiger partial charge in [-0.15, -0.1) is 0 Å². The standard InChI is InChI=1S/C11H9.C5H6N.2ClH.Zr/c1-2-4-10-8(3-1)7-9-5-6-11(9)10;1-5-2-3-6-4-5;;;/h1-4,11H,5-6H2;2-3,6H,1H3;2*1H;/q;;;;+2/p-2. The van der Waals surface area contributed by atoms with Gasteiger partial charge in [-0.1, -0.05) is 0 Å². The zero-order valence-electron chi connectivity index (χ0n) is 11.2. The molecule has 0 radical (unpaired) electrons. The summed E-state index contributed by atoms with van der Waals surface area (Å²) >= 11 is -0.649. The second-order valence-corrected chi connectivity index (χ2v) is 8.31. The molecule has 4 rings (SSSR count). The SMILES string of the molecule is Cc1cc[nH][c]1[Zr+2][C]1=C2CCC2c2ccccc21.[Cl-].[Cl-]. The number of rotatable bonds is 2. The Morgan fingerprint density at radius 3 is 2.60 bits per heavy atom. The van der Waals surface area contributed by atoms with E-state index in [2.05, 4.69) is 48.4 Å². The molecule has 102 valence electrons. The zero-order chi connectivity index (χ0) is 12.1. The third kappa shape index (κ3) is 2.36. The van der Waals surface area contributed by atoms with Crippen LogP contribution in [-0.2, 0) is 23.2 Å². The van der Waals surface area contributed by atoms with Gasteiger partial charge in [0.25, 0.3) is 0 Å². The Kier molecular flexibility index (Phi) is 5.00. The number of hydrogen-bond acceptors (Lipinski definition) is 0. The Labute approximate surface area is 143 Å². The van der Waals surface area contributed by atoms with Crippen LogP contribution in [0.5, 0.6) is 0 Å². The maximum absolute atomic E-state index is 3.46. The molecule has 4 heteroatoms. The summed E-state index contributed by atoms with van der Waals surface area (Å²) in [7, 11) is 0. The van der Waals surface area contributed by atoms with Crippen LogP contribution >= 0.6 is 0 Å². The summed E-state index contributed by atoms with van der Waals surface area (Å²) in [4.78, 5) is 3.46. The fourth-order valence-corrected chi connectivity index (χ4v) is 6.84. The number of fused-ring (bicyclic) bond motifs is 3. The van der Waals surface area contributed by atoms with Crippen molar-refractivity contribution in [3.8, 4) is 0 Å². The molecular formula is C16H15Cl2NZr. The first-order valence-electron chi connectivity index (χ1n) is 6.58. The first-order chi connectivity index (χ1) is 8.84. The van der Waals surface area contributed by atoms with E-state index in [1.807, 2.05) is 0 Å². The normalized spacial score (nSPS) is 18.1. The van der Waals surface area contributed by atoms with Crippen molar-refractivity contribution in [1.29, 1.82) is 0 Å². The zero-order valence-corrected chi connectivity index (χ0v) is 15.2. The van der Waals surface area contributed by atoms with Crippen molar-refractivity contribution in [2.24, 2.45) is 0 Å². The first-order valence-corrected chi connectivity index (χ1v) is 9.04. The van der Waals surface area contributed by atoms with Crippen LogP contribution in [0.25, 0.3) is 3.28 Å². The van der Waals surface area contributed by atoms with Crippen molar-refractivity contribution in [3.05, 3.63) is 58.8 Å². The van der Waals surface area contributed by atoms with Crippen LogP contribution in [0.3, 0.4) is 0 Å². The third-order valence-electron chi connectivity index (χ3n) is 4.25. The van der Waals surface area contributed by atoms with E-state index in [9.17, 15) is 0 Å². The first kappa shape index (κ1) is 16.1. The molecule has 20 heavy (non-hydrogen) atoms. The minimum Gasteiger partial charge on any atom is -1.00 e. The van der Waals surface area contributed by atoms with Crippen LogP contribution in [0.2, 0.25) is 0 Å². The molecule has 2 aromatic rings. The molecule has 1 heterocycles. The number of nitrogens with one attached hydrogen (secondary N) is 1. The summed E-state index contributed by atoms with van der Waals surface area (Å²) < 4.78 is 3.31. The largest absolute Gasteiger partial charge is 1.00 e. The summed E-state index contributed by atoms with van der Waals surface area (Å²) in [6, 6.07) is 11.3. The van der Waals surface area contributed by atoms with E-state index in [1.165, 1.54) is 18.4 Å². The molecule has 2 aliphatic rings. The number of halogens is 2. The van der Waals surface area contributed by atoms with Gasteiger partial charge in [-0.05, 0) is 0 Å². The Balaban J connectivity index is 0.000000735. The van der Waals surface area contributed by atoms with Crippen molar-refractivity contribution in [3.63, 3.8) is 0 Å². The van der Waals surface area contributed by atoms with E-state index in [4.69, 9.17) is 0 Å². The number of hydrogen-bond donors (Lipinski definition) is 1. The van der Waals surface area contributed by atoms with Gasteiger partial charge in [0, 0.05) is 0 Å². The van der Waals surface area contributed by atoms with E-state index >= 15 is 0 Å². The van der Waals surface area contributed by atoms with Crippen molar-refractivity contribution in [1.82, 2.24) is 4.98 Å². The molecule has 0 saturated heterocycles. The van der Waals surface area contributed by atoms with Crippen molar-refractivity contribution in [2.45, 2.75) is 25.7 Å². The Bertz CT molecular complexity index is 660. The van der Waals surface area contributed by atoms with Crippen molar-refractivity contribution < 1.29 is 48.0 Å². The van der Waals surface area contributed by atoms with E-state index in [0.29, 0.717) is 0 Å². The third-order valence-corrected chi connectivity index (χ3v) is 8.26. The van der Waals surface area contributed by atoms with Gasteiger partial charge >= 0.3 is 119 Å². The summed E-state index contributed by atoms with van der Waals surface area (Å²) in [6.07, 6.45) is 4.81. The molecule has 0 bridgehead atoms.